The molecule has 0 amide bonds. The van der Waals surface area contributed by atoms with Crippen molar-refractivity contribution in [2.24, 2.45) is 5.73 Å². The molecule has 3 N–H and O–H groups in total. The van der Waals surface area contributed by atoms with E-state index in [0.29, 0.717) is 11.1 Å². The Morgan fingerprint density at radius 1 is 1.27 bits per heavy atom. The SMILES string of the molecule is Cl.N=C(N)c1ccc2cccc(F)c2n1. The smallest absolute Gasteiger partial charge is 0.149 e. The lowest BCUT2D eigenvalue weighted by Gasteiger charge is -2.01. The van der Waals surface area contributed by atoms with Gasteiger partial charge in [0.05, 0.1) is 0 Å². The number of benzene rings is 1. The molecule has 78 valence electrons. The van der Waals surface area contributed by atoms with E-state index in [-0.39, 0.29) is 23.8 Å². The number of pyridine rings is 1. The first-order valence-electron chi connectivity index (χ1n) is 4.08. The van der Waals surface area contributed by atoms with E-state index in [2.05, 4.69) is 4.98 Å². The fourth-order valence-corrected chi connectivity index (χ4v) is 1.26. The van der Waals surface area contributed by atoms with Crippen LogP contribution >= 0.6 is 12.4 Å². The summed E-state index contributed by atoms with van der Waals surface area (Å²) in [4.78, 5) is 3.95. The van der Waals surface area contributed by atoms with Crippen molar-refractivity contribution in [3.05, 3.63) is 41.8 Å². The standard InChI is InChI=1S/C10H8FN3.ClH/c11-7-3-1-2-6-4-5-8(10(12)13)14-9(6)7;/h1-5H,(H3,12,13);1H. The minimum atomic E-state index is -0.398. The normalized spacial score (nSPS) is 9.67. The summed E-state index contributed by atoms with van der Waals surface area (Å²) in [5.74, 6) is -0.555. The number of nitrogen functional groups attached to an aromatic ring is 1. The van der Waals surface area contributed by atoms with Gasteiger partial charge >= 0.3 is 0 Å². The van der Waals surface area contributed by atoms with Crippen molar-refractivity contribution < 1.29 is 4.39 Å². The van der Waals surface area contributed by atoms with Gasteiger partial charge in [0.2, 0.25) is 0 Å². The number of amidine groups is 1. The monoisotopic (exact) mass is 225 g/mol. The van der Waals surface area contributed by atoms with E-state index < -0.39 is 5.82 Å². The summed E-state index contributed by atoms with van der Waals surface area (Å²) in [7, 11) is 0. The summed E-state index contributed by atoms with van der Waals surface area (Å²) in [6.45, 7) is 0. The molecular weight excluding hydrogens is 217 g/mol. The molecule has 0 saturated heterocycles. The number of para-hydroxylation sites is 1. The van der Waals surface area contributed by atoms with Crippen LogP contribution in [0.25, 0.3) is 10.9 Å². The van der Waals surface area contributed by atoms with Crippen LogP contribution in [0.1, 0.15) is 5.69 Å². The molecule has 0 unspecified atom stereocenters. The number of hydrogen-bond donors (Lipinski definition) is 2. The van der Waals surface area contributed by atoms with Gasteiger partial charge in [-0.05, 0) is 12.1 Å². The quantitative estimate of drug-likeness (QED) is 0.577. The molecule has 2 aromatic rings. The average molecular weight is 226 g/mol. The van der Waals surface area contributed by atoms with Crippen molar-refractivity contribution in [3.8, 4) is 0 Å². The molecule has 0 fully saturated rings. The van der Waals surface area contributed by atoms with E-state index in [0.717, 1.165) is 0 Å². The van der Waals surface area contributed by atoms with Crippen LogP contribution in [0.4, 0.5) is 4.39 Å². The number of nitrogens with two attached hydrogens (primary N) is 1. The summed E-state index contributed by atoms with van der Waals surface area (Å²) in [6, 6.07) is 8.01. The topological polar surface area (TPSA) is 62.8 Å². The Kier molecular flexibility index (Phi) is 3.21. The molecule has 15 heavy (non-hydrogen) atoms. The van der Waals surface area contributed by atoms with Gasteiger partial charge in [-0.25, -0.2) is 9.37 Å². The van der Waals surface area contributed by atoms with E-state index in [1.54, 1.807) is 24.3 Å². The molecule has 1 heterocycles. The molecular formula is C10H9ClFN3. The average Bonchev–Trinajstić information content (AvgIpc) is 2.18. The lowest BCUT2D eigenvalue weighted by atomic mass is 10.2. The molecule has 0 aliphatic heterocycles. The third-order valence-electron chi connectivity index (χ3n) is 1.95. The van der Waals surface area contributed by atoms with Gasteiger partial charge in [0.1, 0.15) is 22.9 Å². The summed E-state index contributed by atoms with van der Waals surface area (Å²) < 4.78 is 13.3. The maximum absolute atomic E-state index is 13.3. The molecule has 0 bridgehead atoms. The zero-order chi connectivity index (χ0) is 10.1. The Labute approximate surface area is 92.0 Å². The highest BCUT2D eigenvalue weighted by atomic mass is 35.5. The van der Waals surface area contributed by atoms with Crippen LogP contribution in [-0.4, -0.2) is 10.8 Å². The minimum Gasteiger partial charge on any atom is -0.382 e. The second kappa shape index (κ2) is 4.23. The first kappa shape index (κ1) is 11.4. The van der Waals surface area contributed by atoms with Crippen LogP contribution in [0.3, 0.4) is 0 Å². The Bertz CT molecular complexity index is 513. The maximum Gasteiger partial charge on any atom is 0.149 e. The first-order valence-corrected chi connectivity index (χ1v) is 4.08. The summed E-state index contributed by atoms with van der Waals surface area (Å²) in [6.07, 6.45) is 0. The molecule has 0 spiro atoms. The van der Waals surface area contributed by atoms with Gasteiger partial charge in [0.15, 0.2) is 0 Å². The summed E-state index contributed by atoms with van der Waals surface area (Å²) in [5.41, 5.74) is 5.80. The molecule has 5 heteroatoms. The first-order chi connectivity index (χ1) is 6.68. The van der Waals surface area contributed by atoms with Crippen LogP contribution in [0.15, 0.2) is 30.3 Å². The zero-order valence-electron chi connectivity index (χ0n) is 7.70. The third kappa shape index (κ3) is 2.05. The van der Waals surface area contributed by atoms with Crippen LogP contribution in [0, 0.1) is 11.2 Å². The molecule has 0 aliphatic rings. The van der Waals surface area contributed by atoms with Crippen molar-refractivity contribution in [1.29, 1.82) is 5.41 Å². The number of nitrogens with zero attached hydrogens (tertiary/aromatic N) is 1. The molecule has 0 saturated carbocycles. The lowest BCUT2D eigenvalue weighted by Crippen LogP contribution is -2.13. The number of fused-ring (bicyclic) bond motifs is 1. The predicted molar refractivity (Wildman–Crippen MR) is 60.0 cm³/mol. The third-order valence-corrected chi connectivity index (χ3v) is 1.95. The minimum absolute atomic E-state index is 0. The van der Waals surface area contributed by atoms with E-state index in [9.17, 15) is 4.39 Å². The van der Waals surface area contributed by atoms with E-state index in [1.807, 2.05) is 0 Å². The van der Waals surface area contributed by atoms with Gasteiger partial charge in [0, 0.05) is 5.39 Å². The van der Waals surface area contributed by atoms with Crippen LogP contribution in [-0.2, 0) is 0 Å². The van der Waals surface area contributed by atoms with Gasteiger partial charge in [-0.15, -0.1) is 12.4 Å². The van der Waals surface area contributed by atoms with Gasteiger partial charge in [0.25, 0.3) is 0 Å². The highest BCUT2D eigenvalue weighted by molar-refractivity contribution is 5.95. The predicted octanol–water partition coefficient (Wildman–Crippen LogP) is 2.08. The van der Waals surface area contributed by atoms with Crippen LogP contribution < -0.4 is 5.73 Å². The molecule has 0 atom stereocenters. The summed E-state index contributed by atoms with van der Waals surface area (Å²) in [5, 5.41) is 7.88. The van der Waals surface area contributed by atoms with Gasteiger partial charge in [-0.2, -0.15) is 0 Å². The zero-order valence-corrected chi connectivity index (χ0v) is 8.51. The summed E-state index contributed by atoms with van der Waals surface area (Å²) >= 11 is 0. The lowest BCUT2D eigenvalue weighted by molar-refractivity contribution is 0.637. The Morgan fingerprint density at radius 2 is 2.00 bits per heavy atom. The number of nitrogens with one attached hydrogen (secondary N) is 1. The molecule has 0 aliphatic carbocycles. The van der Waals surface area contributed by atoms with Crippen molar-refractivity contribution in [2.45, 2.75) is 0 Å². The second-order valence-electron chi connectivity index (χ2n) is 2.92. The van der Waals surface area contributed by atoms with Crippen LogP contribution in [0.5, 0.6) is 0 Å². The fourth-order valence-electron chi connectivity index (χ4n) is 1.26. The Hall–Kier alpha value is -1.68. The van der Waals surface area contributed by atoms with Crippen molar-refractivity contribution in [1.82, 2.24) is 4.98 Å². The van der Waals surface area contributed by atoms with E-state index >= 15 is 0 Å². The largest absolute Gasteiger partial charge is 0.382 e. The van der Waals surface area contributed by atoms with Crippen molar-refractivity contribution in [2.75, 3.05) is 0 Å². The van der Waals surface area contributed by atoms with Gasteiger partial charge < -0.3 is 5.73 Å². The number of aromatic nitrogens is 1. The van der Waals surface area contributed by atoms with E-state index in [4.69, 9.17) is 11.1 Å². The van der Waals surface area contributed by atoms with Crippen molar-refractivity contribution in [3.63, 3.8) is 0 Å². The molecule has 2 rings (SSSR count). The highest BCUT2D eigenvalue weighted by Gasteiger charge is 2.04. The second-order valence-corrected chi connectivity index (χ2v) is 2.92. The highest BCUT2D eigenvalue weighted by Crippen LogP contribution is 2.15. The Balaban J connectivity index is 0.00000112. The van der Waals surface area contributed by atoms with Gasteiger partial charge in [-0.1, -0.05) is 18.2 Å². The molecule has 1 aromatic heterocycles. The maximum atomic E-state index is 13.3. The Morgan fingerprint density at radius 3 is 2.67 bits per heavy atom. The van der Waals surface area contributed by atoms with Gasteiger partial charge in [-0.3, -0.25) is 5.41 Å². The number of hydrogen-bond acceptors (Lipinski definition) is 2. The fraction of sp³-hybridized carbons (Fsp3) is 0. The number of rotatable bonds is 1. The van der Waals surface area contributed by atoms with Crippen molar-refractivity contribution >= 4 is 29.1 Å². The molecule has 1 aromatic carbocycles. The molecule has 0 radical (unpaired) electrons. The number of halogens is 2. The molecule has 3 nitrogen and oxygen atoms in total. The van der Waals surface area contributed by atoms with E-state index in [1.165, 1.54) is 6.07 Å². The van der Waals surface area contributed by atoms with Crippen LogP contribution in [0.2, 0.25) is 0 Å².